The number of carboxylic acid groups (broad SMARTS) is 1. The van der Waals surface area contributed by atoms with Crippen LogP contribution in [0.1, 0.15) is 33.0 Å². The molecule has 6 nitrogen and oxygen atoms in total. The highest BCUT2D eigenvalue weighted by Crippen LogP contribution is 2.40. The Morgan fingerprint density at radius 1 is 1.17 bits per heavy atom. The maximum atomic E-state index is 11.5. The Morgan fingerprint density at radius 3 is 2.46 bits per heavy atom. The molecule has 0 aromatic heterocycles. The Labute approximate surface area is 149 Å². The number of nitrogens with one attached hydrogen (secondary N) is 1. The molecule has 7 heteroatoms. The molecule has 2 aromatic rings. The summed E-state index contributed by atoms with van der Waals surface area (Å²) in [6, 6.07) is 11.2. The van der Waals surface area contributed by atoms with E-state index in [9.17, 15) is 20.1 Å². The van der Waals surface area contributed by atoms with Crippen molar-refractivity contribution in [3.8, 4) is 11.5 Å². The number of phenols is 2. The highest BCUT2D eigenvalue weighted by atomic mass is 79.9. The van der Waals surface area contributed by atoms with E-state index in [0.717, 1.165) is 11.1 Å². The van der Waals surface area contributed by atoms with Crippen LogP contribution in [0.5, 0.6) is 11.5 Å². The van der Waals surface area contributed by atoms with Gasteiger partial charge in [-0.25, -0.2) is 4.79 Å². The second kappa shape index (κ2) is 8.14. The zero-order valence-electron chi connectivity index (χ0n) is 12.8. The standard InChI is InChI=1S/C17H17NO4.BrH.H2O/c19-14-8-12-11(15(16(14)20)17(21)22)6-7-18-9-13(12)10-4-2-1-3-5-10;;/h1-5,8,13,18-20H,6-7,9H2,(H,21,22);1H;1H2. The predicted octanol–water partition coefficient (Wildman–Crippen LogP) is 1.83. The number of fused-ring (bicyclic) bond motifs is 1. The number of phenolic OH excluding ortho intramolecular Hbond substituents is 1. The fraction of sp³-hybridized carbons (Fsp3) is 0.235. The summed E-state index contributed by atoms with van der Waals surface area (Å²) in [6.45, 7) is 1.28. The minimum Gasteiger partial charge on any atom is -0.504 e. The molecule has 0 spiro atoms. The average Bonchev–Trinajstić information content (AvgIpc) is 2.71. The van der Waals surface area contributed by atoms with Crippen LogP contribution in [0.15, 0.2) is 36.4 Å². The number of aromatic carboxylic acids is 1. The van der Waals surface area contributed by atoms with E-state index in [2.05, 4.69) is 5.32 Å². The highest BCUT2D eigenvalue weighted by Gasteiger charge is 2.28. The van der Waals surface area contributed by atoms with E-state index in [-0.39, 0.29) is 39.7 Å². The molecule has 0 fully saturated rings. The van der Waals surface area contributed by atoms with Gasteiger partial charge >= 0.3 is 5.97 Å². The summed E-state index contributed by atoms with van der Waals surface area (Å²) in [5, 5.41) is 32.5. The molecular weight excluding hydrogens is 378 g/mol. The lowest BCUT2D eigenvalue weighted by Gasteiger charge is -2.20. The second-order valence-corrected chi connectivity index (χ2v) is 5.41. The fourth-order valence-electron chi connectivity index (χ4n) is 3.08. The van der Waals surface area contributed by atoms with Crippen LogP contribution in [0.25, 0.3) is 0 Å². The van der Waals surface area contributed by atoms with Crippen LogP contribution in [0.3, 0.4) is 0 Å². The first-order valence-electron chi connectivity index (χ1n) is 7.16. The van der Waals surface area contributed by atoms with Crippen molar-refractivity contribution < 1.29 is 25.6 Å². The summed E-state index contributed by atoms with van der Waals surface area (Å²) in [5.74, 6) is -2.24. The lowest BCUT2D eigenvalue weighted by molar-refractivity contribution is 0.0691. The molecule has 0 amide bonds. The van der Waals surface area contributed by atoms with Gasteiger partial charge in [-0.15, -0.1) is 17.0 Å². The number of aromatic hydroxyl groups is 2. The summed E-state index contributed by atoms with van der Waals surface area (Å²) in [5.41, 5.74) is 2.18. The number of carbonyl (C=O) groups is 1. The Morgan fingerprint density at radius 2 is 1.83 bits per heavy atom. The zero-order chi connectivity index (χ0) is 15.7. The molecule has 0 saturated carbocycles. The van der Waals surface area contributed by atoms with Crippen molar-refractivity contribution in [2.75, 3.05) is 13.1 Å². The first kappa shape index (κ1) is 20.0. The fourth-order valence-corrected chi connectivity index (χ4v) is 3.08. The quantitative estimate of drug-likeness (QED) is 0.575. The van der Waals surface area contributed by atoms with Crippen molar-refractivity contribution in [2.45, 2.75) is 12.3 Å². The second-order valence-electron chi connectivity index (χ2n) is 5.41. The highest BCUT2D eigenvalue weighted by molar-refractivity contribution is 8.93. The maximum absolute atomic E-state index is 11.5. The van der Waals surface area contributed by atoms with E-state index >= 15 is 0 Å². The Hall–Kier alpha value is -2.09. The van der Waals surface area contributed by atoms with Crippen molar-refractivity contribution in [1.29, 1.82) is 0 Å². The van der Waals surface area contributed by atoms with Crippen LogP contribution >= 0.6 is 17.0 Å². The molecule has 1 heterocycles. The van der Waals surface area contributed by atoms with Gasteiger partial charge in [0.2, 0.25) is 0 Å². The molecular formula is C17H20BrNO5. The topological polar surface area (TPSA) is 121 Å². The average molecular weight is 398 g/mol. The van der Waals surface area contributed by atoms with E-state index in [4.69, 9.17) is 0 Å². The normalized spacial score (nSPS) is 16.1. The van der Waals surface area contributed by atoms with E-state index in [1.54, 1.807) is 0 Å². The number of halogens is 1. The van der Waals surface area contributed by atoms with Crippen molar-refractivity contribution in [3.05, 3.63) is 58.7 Å². The lowest BCUT2D eigenvalue weighted by atomic mass is 9.85. The Balaban J connectivity index is 0.00000144. The number of hydrogen-bond acceptors (Lipinski definition) is 4. The summed E-state index contributed by atoms with van der Waals surface area (Å²) >= 11 is 0. The van der Waals surface area contributed by atoms with Crippen molar-refractivity contribution in [2.24, 2.45) is 0 Å². The zero-order valence-corrected chi connectivity index (χ0v) is 14.5. The third-order valence-electron chi connectivity index (χ3n) is 4.11. The smallest absolute Gasteiger partial charge is 0.339 e. The van der Waals surface area contributed by atoms with Crippen LogP contribution in [0.2, 0.25) is 0 Å². The van der Waals surface area contributed by atoms with Gasteiger partial charge in [-0.2, -0.15) is 0 Å². The largest absolute Gasteiger partial charge is 0.504 e. The number of hydrogen-bond donors (Lipinski definition) is 4. The number of rotatable bonds is 2. The van der Waals surface area contributed by atoms with Gasteiger partial charge in [0.15, 0.2) is 11.5 Å². The minimum atomic E-state index is -1.22. The van der Waals surface area contributed by atoms with Gasteiger partial charge in [0.25, 0.3) is 0 Å². The van der Waals surface area contributed by atoms with Crippen molar-refractivity contribution in [3.63, 3.8) is 0 Å². The van der Waals surface area contributed by atoms with E-state index in [1.807, 2.05) is 30.3 Å². The molecule has 2 aromatic carbocycles. The number of carboxylic acids is 1. The summed E-state index contributed by atoms with van der Waals surface area (Å²) in [4.78, 5) is 11.5. The molecule has 130 valence electrons. The van der Waals surface area contributed by atoms with E-state index < -0.39 is 11.7 Å². The lowest BCUT2D eigenvalue weighted by Crippen LogP contribution is -2.20. The van der Waals surface area contributed by atoms with Crippen LogP contribution in [0.4, 0.5) is 0 Å². The Bertz CT molecular complexity index is 721. The first-order chi connectivity index (χ1) is 10.6. The van der Waals surface area contributed by atoms with Crippen LogP contribution in [-0.4, -0.2) is 39.9 Å². The first-order valence-corrected chi connectivity index (χ1v) is 7.16. The van der Waals surface area contributed by atoms with Crippen molar-refractivity contribution >= 4 is 23.0 Å². The third-order valence-corrected chi connectivity index (χ3v) is 4.11. The van der Waals surface area contributed by atoms with Gasteiger partial charge < -0.3 is 26.1 Å². The minimum absolute atomic E-state index is 0. The molecule has 0 bridgehead atoms. The number of benzene rings is 2. The molecule has 1 unspecified atom stereocenters. The van der Waals surface area contributed by atoms with Gasteiger partial charge in [-0.3, -0.25) is 0 Å². The molecule has 1 aliphatic rings. The van der Waals surface area contributed by atoms with Crippen LogP contribution in [-0.2, 0) is 6.42 Å². The monoisotopic (exact) mass is 397 g/mol. The van der Waals surface area contributed by atoms with Gasteiger partial charge in [-0.05, 0) is 35.7 Å². The Kier molecular flexibility index (Phi) is 6.77. The molecule has 1 aliphatic heterocycles. The van der Waals surface area contributed by atoms with Crippen LogP contribution in [0, 0.1) is 0 Å². The molecule has 24 heavy (non-hydrogen) atoms. The molecule has 0 radical (unpaired) electrons. The van der Waals surface area contributed by atoms with Crippen LogP contribution < -0.4 is 5.32 Å². The van der Waals surface area contributed by atoms with E-state index in [1.165, 1.54) is 6.07 Å². The molecule has 1 atom stereocenters. The predicted molar refractivity (Wildman–Crippen MR) is 95.5 cm³/mol. The third kappa shape index (κ3) is 3.53. The van der Waals surface area contributed by atoms with E-state index in [0.29, 0.717) is 25.1 Å². The van der Waals surface area contributed by atoms with Gasteiger partial charge in [0.05, 0.1) is 0 Å². The molecule has 6 N–H and O–H groups in total. The molecule has 0 saturated heterocycles. The molecule has 0 aliphatic carbocycles. The maximum Gasteiger partial charge on any atom is 0.339 e. The van der Waals surface area contributed by atoms with Crippen molar-refractivity contribution in [1.82, 2.24) is 5.32 Å². The summed E-state index contributed by atoms with van der Waals surface area (Å²) in [6.07, 6.45) is 0.494. The summed E-state index contributed by atoms with van der Waals surface area (Å²) in [7, 11) is 0. The summed E-state index contributed by atoms with van der Waals surface area (Å²) < 4.78 is 0. The SMILES string of the molecule is Br.O.O=C(O)c1c(O)c(O)cc2c1CCNCC2c1ccccc1. The van der Waals surface area contributed by atoms with Gasteiger partial charge in [0, 0.05) is 12.5 Å². The van der Waals surface area contributed by atoms with Gasteiger partial charge in [0.1, 0.15) is 5.56 Å². The van der Waals surface area contributed by atoms with Gasteiger partial charge in [-0.1, -0.05) is 30.3 Å². The molecule has 3 rings (SSSR count).